The van der Waals surface area contributed by atoms with E-state index in [0.717, 1.165) is 53.7 Å². The molecular weight excluding hydrogens is 540 g/mol. The van der Waals surface area contributed by atoms with E-state index in [1.54, 1.807) is 11.1 Å². The van der Waals surface area contributed by atoms with E-state index >= 15 is 0 Å². The van der Waals surface area contributed by atoms with Gasteiger partial charge >= 0.3 is 0 Å². The maximum Gasteiger partial charge on any atom is 0.124 e. The van der Waals surface area contributed by atoms with Crippen molar-refractivity contribution in [2.45, 2.75) is 88.8 Å². The first-order valence-electron chi connectivity index (χ1n) is 17.0. The van der Waals surface area contributed by atoms with Gasteiger partial charge in [-0.2, -0.15) is 0 Å². The van der Waals surface area contributed by atoms with E-state index in [2.05, 4.69) is 82.1 Å². The van der Waals surface area contributed by atoms with Gasteiger partial charge in [0.15, 0.2) is 0 Å². The first kappa shape index (κ1) is 26.6. The van der Waals surface area contributed by atoms with Gasteiger partial charge in [-0.05, 0) is 128 Å². The Hall–Kier alpha value is -3.74. The van der Waals surface area contributed by atoms with Gasteiger partial charge in [-0.3, -0.25) is 0 Å². The summed E-state index contributed by atoms with van der Waals surface area (Å²) in [7, 11) is 0. The second-order valence-electron chi connectivity index (χ2n) is 13.9. The molecule has 6 nitrogen and oxygen atoms in total. The smallest absolute Gasteiger partial charge is 0.124 e. The predicted octanol–water partition coefficient (Wildman–Crippen LogP) is 8.35. The maximum atomic E-state index is 4.99. The topological polar surface area (TPSA) is 81.4 Å². The number of piperidine rings is 2. The van der Waals surface area contributed by atoms with Crippen LogP contribution in [-0.4, -0.2) is 32.5 Å². The summed E-state index contributed by atoms with van der Waals surface area (Å²) in [6.07, 6.45) is 13.2. The molecule has 5 unspecified atom stereocenters. The fraction of sp³-hybridized carbons (Fsp3) is 0.421. The van der Waals surface area contributed by atoms with Crippen LogP contribution in [0.4, 0.5) is 0 Å². The van der Waals surface area contributed by atoms with Gasteiger partial charge < -0.3 is 20.6 Å². The highest BCUT2D eigenvalue weighted by molar-refractivity contribution is 5.86. The molecule has 0 radical (unpaired) electrons. The van der Waals surface area contributed by atoms with Crippen molar-refractivity contribution in [3.63, 3.8) is 0 Å². The van der Waals surface area contributed by atoms with Crippen LogP contribution in [0.25, 0.3) is 44.5 Å². The Bertz CT molecular complexity index is 1820. The Kier molecular flexibility index (Phi) is 6.48. The first-order valence-corrected chi connectivity index (χ1v) is 17.0. The Morgan fingerprint density at radius 3 is 2.39 bits per heavy atom. The number of benzene rings is 3. The third-order valence-corrected chi connectivity index (χ3v) is 11.1. The molecule has 4 heterocycles. The number of aromatic amines is 2. The highest BCUT2D eigenvalue weighted by Crippen LogP contribution is 2.56. The lowest BCUT2D eigenvalue weighted by Crippen LogP contribution is -2.35. The summed E-state index contributed by atoms with van der Waals surface area (Å²) < 4.78 is 0. The van der Waals surface area contributed by atoms with Crippen LogP contribution in [0, 0.1) is 5.92 Å². The molecular formula is C38H42N6. The van der Waals surface area contributed by atoms with Crippen molar-refractivity contribution >= 4 is 11.0 Å². The first-order chi connectivity index (χ1) is 21.7. The third kappa shape index (κ3) is 4.53. The molecule has 2 aliphatic heterocycles. The minimum Gasteiger partial charge on any atom is -0.341 e. The number of nitrogens with zero attached hydrogens (tertiary/aromatic N) is 2. The number of imidazole rings is 2. The van der Waals surface area contributed by atoms with Crippen molar-refractivity contribution in [3.8, 4) is 33.5 Å². The van der Waals surface area contributed by atoms with Crippen molar-refractivity contribution < 1.29 is 0 Å². The number of fused-ring (bicyclic) bond motifs is 4. The zero-order valence-electron chi connectivity index (χ0n) is 25.6. The van der Waals surface area contributed by atoms with Gasteiger partial charge in [-0.1, -0.05) is 48.9 Å². The maximum absolute atomic E-state index is 4.99. The number of rotatable bonds is 5. The third-order valence-electron chi connectivity index (χ3n) is 11.1. The second-order valence-corrected chi connectivity index (χ2v) is 13.9. The molecule has 44 heavy (non-hydrogen) atoms. The number of hydrogen-bond donors (Lipinski definition) is 4. The molecule has 5 aromatic rings. The molecule has 3 fully saturated rings. The average molecular weight is 583 g/mol. The average Bonchev–Trinajstić information content (AvgIpc) is 3.77. The number of aromatic nitrogens is 4. The molecule has 9 rings (SSSR count). The van der Waals surface area contributed by atoms with Gasteiger partial charge in [0.2, 0.25) is 0 Å². The molecule has 4 aliphatic rings. The number of nitrogens with one attached hydrogen (secondary N) is 4. The molecule has 0 spiro atoms. The van der Waals surface area contributed by atoms with Crippen LogP contribution < -0.4 is 10.6 Å². The van der Waals surface area contributed by atoms with Crippen LogP contribution in [0.2, 0.25) is 0 Å². The van der Waals surface area contributed by atoms with Crippen LogP contribution >= 0.6 is 0 Å². The zero-order valence-corrected chi connectivity index (χ0v) is 25.6. The SMILES string of the molecule is CC1CCCC(c2nc3ccc(-c4ccc(-c5ccc(-c6cnc(C7CCCCN7)[nH]6)cc5)c5c4CC4CCC54)cc3[nH]2)N1. The molecule has 6 heteroatoms. The van der Waals surface area contributed by atoms with E-state index < -0.39 is 0 Å². The van der Waals surface area contributed by atoms with Gasteiger partial charge in [0.1, 0.15) is 11.6 Å². The molecule has 4 N–H and O–H groups in total. The lowest BCUT2D eigenvalue weighted by Gasteiger charge is -2.31. The fourth-order valence-corrected chi connectivity index (χ4v) is 8.58. The molecule has 2 aliphatic carbocycles. The summed E-state index contributed by atoms with van der Waals surface area (Å²) in [5.41, 5.74) is 13.1. The van der Waals surface area contributed by atoms with Crippen LogP contribution in [0.5, 0.6) is 0 Å². The molecule has 5 atom stereocenters. The van der Waals surface area contributed by atoms with E-state index in [9.17, 15) is 0 Å². The van der Waals surface area contributed by atoms with Crippen LogP contribution in [0.15, 0.2) is 60.8 Å². The molecule has 2 aromatic heterocycles. The standard InChI is InChI=1S/C38H42N6/c1-22-5-4-7-33(41-22)38-42-31-17-13-26(20-34(31)43-38)27-15-16-28(36-29-14-12-25(29)19-30(27)36)23-8-10-24(11-9-23)35-21-40-37(44-35)32-6-2-3-18-39-32/h8-11,13,15-17,20-22,25,29,32-33,39,41H,2-7,12,14,18-19H2,1H3,(H,40,44)(H,42,43). The highest BCUT2D eigenvalue weighted by atomic mass is 15.0. The fourth-order valence-electron chi connectivity index (χ4n) is 8.58. The normalized spacial score (nSPS) is 26.3. The lowest BCUT2D eigenvalue weighted by molar-refractivity contribution is 0.281. The van der Waals surface area contributed by atoms with Crippen LogP contribution in [0.3, 0.4) is 0 Å². The van der Waals surface area contributed by atoms with E-state index in [-0.39, 0.29) is 0 Å². The second kappa shape index (κ2) is 10.7. The minimum absolute atomic E-state index is 0.323. The minimum atomic E-state index is 0.323. The molecule has 224 valence electrons. The Labute approximate surface area is 259 Å². The Morgan fingerprint density at radius 1 is 0.727 bits per heavy atom. The van der Waals surface area contributed by atoms with Gasteiger partial charge in [0.25, 0.3) is 0 Å². The summed E-state index contributed by atoms with van der Waals surface area (Å²) in [6, 6.07) is 22.0. The summed E-state index contributed by atoms with van der Waals surface area (Å²) >= 11 is 0. The highest BCUT2D eigenvalue weighted by Gasteiger charge is 2.42. The molecule has 2 saturated heterocycles. The van der Waals surface area contributed by atoms with Gasteiger partial charge in [-0.25, -0.2) is 9.97 Å². The summed E-state index contributed by atoms with van der Waals surface area (Å²) in [4.78, 5) is 17.0. The Morgan fingerprint density at radius 2 is 1.57 bits per heavy atom. The van der Waals surface area contributed by atoms with E-state index in [1.165, 1.54) is 72.8 Å². The van der Waals surface area contributed by atoms with Gasteiger partial charge in [0.05, 0.1) is 35.0 Å². The van der Waals surface area contributed by atoms with E-state index in [0.29, 0.717) is 24.0 Å². The van der Waals surface area contributed by atoms with Crippen LogP contribution in [-0.2, 0) is 6.42 Å². The van der Waals surface area contributed by atoms with Gasteiger partial charge in [-0.15, -0.1) is 0 Å². The van der Waals surface area contributed by atoms with Crippen molar-refractivity contribution in [2.75, 3.05) is 6.54 Å². The predicted molar refractivity (Wildman–Crippen MR) is 178 cm³/mol. The Balaban J connectivity index is 1.03. The molecule has 1 saturated carbocycles. The van der Waals surface area contributed by atoms with Gasteiger partial charge in [0, 0.05) is 6.04 Å². The lowest BCUT2D eigenvalue weighted by atomic mass is 9.73. The number of H-pyrrole nitrogens is 2. The van der Waals surface area contributed by atoms with E-state index in [4.69, 9.17) is 9.97 Å². The van der Waals surface area contributed by atoms with E-state index in [1.807, 2.05) is 6.20 Å². The van der Waals surface area contributed by atoms with Crippen molar-refractivity contribution in [3.05, 3.63) is 83.6 Å². The molecule has 0 bridgehead atoms. The summed E-state index contributed by atoms with van der Waals surface area (Å²) in [5, 5.41) is 7.35. The van der Waals surface area contributed by atoms with Crippen molar-refractivity contribution in [1.29, 1.82) is 0 Å². The molecule has 0 amide bonds. The largest absolute Gasteiger partial charge is 0.341 e. The van der Waals surface area contributed by atoms with Crippen molar-refractivity contribution in [2.24, 2.45) is 5.92 Å². The van der Waals surface area contributed by atoms with Crippen LogP contribution in [0.1, 0.15) is 99.1 Å². The quantitative estimate of drug-likeness (QED) is 0.168. The summed E-state index contributed by atoms with van der Waals surface area (Å²) in [5.74, 6) is 3.64. The number of hydrogen-bond acceptors (Lipinski definition) is 4. The summed E-state index contributed by atoms with van der Waals surface area (Å²) in [6.45, 7) is 3.36. The monoisotopic (exact) mass is 582 g/mol. The zero-order chi connectivity index (χ0) is 29.2. The van der Waals surface area contributed by atoms with Crippen molar-refractivity contribution in [1.82, 2.24) is 30.6 Å². The molecule has 3 aromatic carbocycles.